The molecule has 4 heteroatoms. The summed E-state index contributed by atoms with van der Waals surface area (Å²) in [7, 11) is 0. The summed E-state index contributed by atoms with van der Waals surface area (Å²) in [5.41, 5.74) is 0.818. The van der Waals surface area contributed by atoms with E-state index in [1.807, 2.05) is 0 Å². The summed E-state index contributed by atoms with van der Waals surface area (Å²) in [5.74, 6) is -0.424. The van der Waals surface area contributed by atoms with Gasteiger partial charge in [-0.15, -0.1) is 0 Å². The Morgan fingerprint density at radius 3 is 2.92 bits per heavy atom. The molecule has 0 aromatic heterocycles. The number of thiocarbonyl (C=S) groups is 1. The predicted octanol–water partition coefficient (Wildman–Crippen LogP) is 3.08. The molecule has 0 aliphatic carbocycles. The first kappa shape index (κ1) is 9.33. The van der Waals surface area contributed by atoms with Crippen LogP contribution in [0.4, 0.5) is 4.39 Å². The fourth-order valence-electron chi connectivity index (χ4n) is 0.762. The molecule has 0 aliphatic heterocycles. The lowest BCUT2D eigenvalue weighted by molar-refractivity contribution is 0.627. The quantitative estimate of drug-likeness (QED) is 0.529. The van der Waals surface area contributed by atoms with E-state index >= 15 is 0 Å². The number of nitrogens with zero attached hydrogens (tertiary/aromatic N) is 1. The molecule has 0 N–H and O–H groups in total. The molecule has 0 amide bonds. The Kier molecular flexibility index (Phi) is 3.35. The van der Waals surface area contributed by atoms with E-state index in [1.54, 1.807) is 6.07 Å². The van der Waals surface area contributed by atoms with Gasteiger partial charge < -0.3 is 0 Å². The Morgan fingerprint density at radius 2 is 2.33 bits per heavy atom. The van der Waals surface area contributed by atoms with Crippen LogP contribution >= 0.6 is 23.8 Å². The van der Waals surface area contributed by atoms with Crippen molar-refractivity contribution in [3.8, 4) is 0 Å². The van der Waals surface area contributed by atoms with Crippen molar-refractivity contribution in [2.45, 2.75) is 6.54 Å². The SMILES string of the molecule is Fc1ccc(CN=C=S)cc1Cl. The van der Waals surface area contributed by atoms with Crippen molar-refractivity contribution in [2.24, 2.45) is 4.99 Å². The number of hydrogen-bond acceptors (Lipinski definition) is 2. The third-order valence-electron chi connectivity index (χ3n) is 1.31. The maximum Gasteiger partial charge on any atom is 0.141 e. The Bertz CT molecular complexity index is 334. The van der Waals surface area contributed by atoms with Gasteiger partial charge in [-0.2, -0.15) is 0 Å². The molecule has 0 bridgehead atoms. The van der Waals surface area contributed by atoms with Crippen LogP contribution in [0.5, 0.6) is 0 Å². The molecule has 12 heavy (non-hydrogen) atoms. The molecule has 0 fully saturated rings. The largest absolute Gasteiger partial charge is 0.228 e. The van der Waals surface area contributed by atoms with Crippen LogP contribution in [-0.4, -0.2) is 5.16 Å². The smallest absolute Gasteiger partial charge is 0.141 e. The average Bonchev–Trinajstić information content (AvgIpc) is 2.07. The van der Waals surface area contributed by atoms with Crippen LogP contribution in [0, 0.1) is 5.82 Å². The van der Waals surface area contributed by atoms with Gasteiger partial charge in [0.15, 0.2) is 0 Å². The summed E-state index contributed by atoms with van der Waals surface area (Å²) in [4.78, 5) is 3.70. The van der Waals surface area contributed by atoms with Gasteiger partial charge in [0.1, 0.15) is 5.82 Å². The summed E-state index contributed by atoms with van der Waals surface area (Å²) in [6.45, 7) is 0.392. The van der Waals surface area contributed by atoms with Gasteiger partial charge >= 0.3 is 0 Å². The summed E-state index contributed by atoms with van der Waals surface area (Å²) < 4.78 is 12.6. The van der Waals surface area contributed by atoms with E-state index in [0.29, 0.717) is 6.54 Å². The van der Waals surface area contributed by atoms with Gasteiger partial charge in [-0.05, 0) is 29.9 Å². The van der Waals surface area contributed by atoms with Gasteiger partial charge in [0.2, 0.25) is 0 Å². The molecule has 0 saturated heterocycles. The minimum Gasteiger partial charge on any atom is -0.228 e. The minimum absolute atomic E-state index is 0.104. The number of benzene rings is 1. The fourth-order valence-corrected chi connectivity index (χ4v) is 1.03. The summed E-state index contributed by atoms with van der Waals surface area (Å²) in [6.07, 6.45) is 0. The maximum atomic E-state index is 12.6. The van der Waals surface area contributed by atoms with E-state index < -0.39 is 5.82 Å². The summed E-state index contributed by atoms with van der Waals surface area (Å²) in [5, 5.41) is 2.33. The molecule has 1 aromatic rings. The second-order valence-corrected chi connectivity index (χ2v) is 2.75. The summed E-state index contributed by atoms with van der Waals surface area (Å²) >= 11 is 9.92. The molecule has 1 nitrogen and oxygen atoms in total. The van der Waals surface area contributed by atoms with E-state index in [0.717, 1.165) is 5.56 Å². The standard InChI is InChI=1S/C8H5ClFNS/c9-7-3-6(4-11-5-12)1-2-8(7)10/h1-3H,4H2. The molecule has 1 rings (SSSR count). The lowest BCUT2D eigenvalue weighted by atomic mass is 10.2. The highest BCUT2D eigenvalue weighted by molar-refractivity contribution is 7.78. The monoisotopic (exact) mass is 201 g/mol. The lowest BCUT2D eigenvalue weighted by Crippen LogP contribution is -1.83. The first-order valence-electron chi connectivity index (χ1n) is 3.21. The highest BCUT2D eigenvalue weighted by atomic mass is 35.5. The number of isothiocyanates is 1. The van der Waals surface area contributed by atoms with E-state index in [-0.39, 0.29) is 5.02 Å². The van der Waals surface area contributed by atoms with Gasteiger partial charge in [-0.25, -0.2) is 9.38 Å². The van der Waals surface area contributed by atoms with Crippen molar-refractivity contribution >= 4 is 29.0 Å². The van der Waals surface area contributed by atoms with Crippen molar-refractivity contribution in [2.75, 3.05) is 0 Å². The zero-order chi connectivity index (χ0) is 8.97. The zero-order valence-corrected chi connectivity index (χ0v) is 7.62. The molecule has 0 aliphatic rings. The molecular weight excluding hydrogens is 197 g/mol. The van der Waals surface area contributed by atoms with Crippen molar-refractivity contribution in [1.29, 1.82) is 0 Å². The molecule has 0 spiro atoms. The van der Waals surface area contributed by atoms with Crippen LogP contribution in [-0.2, 0) is 6.54 Å². The molecule has 62 valence electrons. The van der Waals surface area contributed by atoms with Gasteiger partial charge in [0.25, 0.3) is 0 Å². The molecule has 0 heterocycles. The second kappa shape index (κ2) is 4.31. The number of hydrogen-bond donors (Lipinski definition) is 0. The van der Waals surface area contributed by atoms with Crippen LogP contribution in [0.25, 0.3) is 0 Å². The highest BCUT2D eigenvalue weighted by Crippen LogP contribution is 2.16. The van der Waals surface area contributed by atoms with Gasteiger partial charge in [0, 0.05) is 0 Å². The number of halogens is 2. The fraction of sp³-hybridized carbons (Fsp3) is 0.125. The molecule has 0 saturated carbocycles. The summed E-state index contributed by atoms with van der Waals surface area (Å²) in [6, 6.07) is 4.43. The van der Waals surface area contributed by atoms with Crippen LogP contribution < -0.4 is 0 Å². The van der Waals surface area contributed by atoms with Crippen molar-refractivity contribution in [3.63, 3.8) is 0 Å². The lowest BCUT2D eigenvalue weighted by Gasteiger charge is -1.96. The Balaban J connectivity index is 2.89. The molecule has 1 aromatic carbocycles. The van der Waals surface area contributed by atoms with E-state index in [1.165, 1.54) is 12.1 Å². The Hall–Kier alpha value is -0.760. The Labute approximate surface area is 79.9 Å². The van der Waals surface area contributed by atoms with Crippen LogP contribution in [0.2, 0.25) is 5.02 Å². The molecule has 0 radical (unpaired) electrons. The van der Waals surface area contributed by atoms with E-state index in [4.69, 9.17) is 11.6 Å². The maximum absolute atomic E-state index is 12.6. The second-order valence-electron chi connectivity index (χ2n) is 2.16. The predicted molar refractivity (Wildman–Crippen MR) is 50.1 cm³/mol. The van der Waals surface area contributed by atoms with Crippen LogP contribution in [0.3, 0.4) is 0 Å². The Morgan fingerprint density at radius 1 is 1.58 bits per heavy atom. The third kappa shape index (κ3) is 2.38. The normalized spacial score (nSPS) is 9.17. The van der Waals surface area contributed by atoms with Crippen LogP contribution in [0.15, 0.2) is 23.2 Å². The first-order chi connectivity index (χ1) is 5.74. The number of rotatable bonds is 2. The van der Waals surface area contributed by atoms with Crippen LogP contribution in [0.1, 0.15) is 5.56 Å². The first-order valence-corrected chi connectivity index (χ1v) is 4.00. The van der Waals surface area contributed by atoms with Gasteiger partial charge in [-0.3, -0.25) is 0 Å². The van der Waals surface area contributed by atoms with Crippen molar-refractivity contribution < 1.29 is 4.39 Å². The molecule has 0 unspecified atom stereocenters. The van der Waals surface area contributed by atoms with Gasteiger partial charge in [-0.1, -0.05) is 17.7 Å². The van der Waals surface area contributed by atoms with Gasteiger partial charge in [0.05, 0.1) is 16.7 Å². The number of aliphatic imine (C=N–C) groups is 1. The topological polar surface area (TPSA) is 12.4 Å². The minimum atomic E-state index is -0.424. The third-order valence-corrected chi connectivity index (χ3v) is 1.73. The van der Waals surface area contributed by atoms with Crippen molar-refractivity contribution in [1.82, 2.24) is 0 Å². The molecular formula is C8H5ClFNS. The van der Waals surface area contributed by atoms with Crippen molar-refractivity contribution in [3.05, 3.63) is 34.6 Å². The van der Waals surface area contributed by atoms with E-state index in [2.05, 4.69) is 22.4 Å². The van der Waals surface area contributed by atoms with E-state index in [9.17, 15) is 4.39 Å². The zero-order valence-electron chi connectivity index (χ0n) is 6.05. The molecule has 0 atom stereocenters. The average molecular weight is 202 g/mol. The highest BCUT2D eigenvalue weighted by Gasteiger charge is 1.99.